The number of fused-ring (bicyclic) bond motifs is 1. The van der Waals surface area contributed by atoms with Crippen molar-refractivity contribution in [3.8, 4) is 28.7 Å². The second kappa shape index (κ2) is 13.8. The predicted octanol–water partition coefficient (Wildman–Crippen LogP) is 4.43. The summed E-state index contributed by atoms with van der Waals surface area (Å²) in [6.07, 6.45) is 1.61. The number of thiazole rings is 1. The lowest BCUT2D eigenvalue weighted by atomic mass is 9.95. The Hall–Kier alpha value is -6.03. The van der Waals surface area contributed by atoms with Crippen molar-refractivity contribution in [2.24, 2.45) is 4.99 Å². The molecule has 0 N–H and O–H groups in total. The summed E-state index contributed by atoms with van der Waals surface area (Å²) in [6, 6.07) is 11.8. The molecule has 3 aromatic carbocycles. The van der Waals surface area contributed by atoms with Gasteiger partial charge < -0.3 is 23.7 Å². The lowest BCUT2D eigenvalue weighted by molar-refractivity contribution is -0.394. The number of nitro benzene ring substituents is 2. The van der Waals surface area contributed by atoms with Gasteiger partial charge in [0, 0.05) is 17.7 Å². The number of benzene rings is 3. The van der Waals surface area contributed by atoms with Gasteiger partial charge in [-0.3, -0.25) is 29.6 Å². The van der Waals surface area contributed by atoms with E-state index in [1.165, 1.54) is 32.0 Å². The zero-order chi connectivity index (χ0) is 34.7. The molecule has 4 aromatic rings. The smallest absolute Gasteiger partial charge is 0.338 e. The predicted molar refractivity (Wildman–Crippen MR) is 173 cm³/mol. The van der Waals surface area contributed by atoms with E-state index in [-0.39, 0.29) is 34.0 Å². The van der Waals surface area contributed by atoms with Crippen LogP contribution in [0.1, 0.15) is 31.0 Å². The topological polar surface area (TPSA) is 184 Å². The van der Waals surface area contributed by atoms with E-state index < -0.39 is 38.8 Å². The molecule has 5 rings (SSSR count). The number of allylic oxidation sites excluding steroid dienone is 1. The highest BCUT2D eigenvalue weighted by atomic mass is 32.1. The number of methoxy groups -OCH3 is 3. The van der Waals surface area contributed by atoms with Crippen LogP contribution in [0.25, 0.3) is 6.08 Å². The summed E-state index contributed by atoms with van der Waals surface area (Å²) < 4.78 is 29.2. The molecule has 0 saturated heterocycles. The van der Waals surface area contributed by atoms with Crippen LogP contribution in [0.15, 0.2) is 75.7 Å². The van der Waals surface area contributed by atoms with Crippen LogP contribution < -0.4 is 33.8 Å². The maximum absolute atomic E-state index is 14.1. The molecule has 0 fully saturated rings. The van der Waals surface area contributed by atoms with E-state index in [1.807, 2.05) is 0 Å². The van der Waals surface area contributed by atoms with E-state index in [2.05, 4.69) is 4.99 Å². The Morgan fingerprint density at radius 1 is 0.938 bits per heavy atom. The SMILES string of the molecule is CCOC(=O)C1=C(C)N=c2s/c(=C\c3ccc(Oc4ccc([N+](=O)[O-])cc4[N+](=O)[O-])c(OC)c3)c(=O)n2[C@@H]1c1ccc(OC)cc1OC. The van der Waals surface area contributed by atoms with Crippen molar-refractivity contribution in [1.82, 2.24) is 4.57 Å². The third-order valence-electron chi connectivity index (χ3n) is 7.31. The van der Waals surface area contributed by atoms with Gasteiger partial charge in [0.25, 0.3) is 11.2 Å². The van der Waals surface area contributed by atoms with Crippen LogP contribution in [0.5, 0.6) is 28.7 Å². The molecule has 0 bridgehead atoms. The molecule has 1 atom stereocenters. The minimum atomic E-state index is -0.925. The Kier molecular flexibility index (Phi) is 9.56. The number of non-ortho nitro benzene ring substituents is 1. The average Bonchev–Trinajstić information content (AvgIpc) is 3.37. The zero-order valence-electron chi connectivity index (χ0n) is 26.2. The molecule has 0 saturated carbocycles. The standard InChI is InChI=1S/C32H28N4O11S/c1-6-46-31(38)28-17(2)33-32-34(29(28)21-10-9-20(43-3)16-25(21)44-4)30(37)27(48-32)14-18-7-11-24(26(13-18)45-5)47-23-12-8-19(35(39)40)15-22(23)36(41)42/h7-16,29H,6H2,1-5H3/b27-14-/t29-/m1/s1. The maximum atomic E-state index is 14.1. The van der Waals surface area contributed by atoms with Crippen molar-refractivity contribution in [2.75, 3.05) is 27.9 Å². The number of rotatable bonds is 11. The molecule has 1 aliphatic rings. The first-order chi connectivity index (χ1) is 23.0. The molecule has 1 aromatic heterocycles. The van der Waals surface area contributed by atoms with Crippen LogP contribution in [0, 0.1) is 20.2 Å². The van der Waals surface area contributed by atoms with Gasteiger partial charge in [0.05, 0.1) is 59.7 Å². The number of aromatic nitrogens is 1. The number of nitrogens with zero attached hydrogens (tertiary/aromatic N) is 4. The summed E-state index contributed by atoms with van der Waals surface area (Å²) in [5.41, 5.74) is 0.105. The van der Waals surface area contributed by atoms with Gasteiger partial charge in [-0.1, -0.05) is 17.4 Å². The Balaban J connectivity index is 1.60. The summed E-state index contributed by atoms with van der Waals surface area (Å²) in [4.78, 5) is 53.4. The number of esters is 1. The fraction of sp³-hybridized carbons (Fsp3) is 0.219. The van der Waals surface area contributed by atoms with Crippen molar-refractivity contribution < 1.29 is 38.3 Å². The third kappa shape index (κ3) is 6.32. The minimum Gasteiger partial charge on any atom is -0.497 e. The van der Waals surface area contributed by atoms with E-state index in [1.54, 1.807) is 50.3 Å². The lowest BCUT2D eigenvalue weighted by Crippen LogP contribution is -2.40. The molecule has 48 heavy (non-hydrogen) atoms. The first-order valence-electron chi connectivity index (χ1n) is 14.2. The van der Waals surface area contributed by atoms with Crippen LogP contribution in [0.4, 0.5) is 11.4 Å². The molecule has 1 aliphatic heterocycles. The summed E-state index contributed by atoms with van der Waals surface area (Å²) in [5, 5.41) is 22.7. The monoisotopic (exact) mass is 676 g/mol. The summed E-state index contributed by atoms with van der Waals surface area (Å²) >= 11 is 1.11. The number of hydrogen-bond donors (Lipinski definition) is 0. The molecule has 0 amide bonds. The molecule has 2 heterocycles. The van der Waals surface area contributed by atoms with Gasteiger partial charge in [-0.05, 0) is 55.8 Å². The van der Waals surface area contributed by atoms with E-state index in [0.29, 0.717) is 33.1 Å². The number of ether oxygens (including phenoxy) is 5. The van der Waals surface area contributed by atoms with E-state index in [9.17, 15) is 29.8 Å². The second-order valence-corrected chi connectivity index (χ2v) is 11.1. The molecule has 16 heteroatoms. The van der Waals surface area contributed by atoms with Gasteiger partial charge in [-0.15, -0.1) is 0 Å². The van der Waals surface area contributed by atoms with E-state index in [0.717, 1.165) is 29.5 Å². The number of nitro groups is 2. The third-order valence-corrected chi connectivity index (χ3v) is 8.29. The average molecular weight is 677 g/mol. The fourth-order valence-electron chi connectivity index (χ4n) is 5.11. The summed E-state index contributed by atoms with van der Waals surface area (Å²) in [6.45, 7) is 3.47. The first-order valence-corrected chi connectivity index (χ1v) is 15.0. The van der Waals surface area contributed by atoms with Crippen molar-refractivity contribution in [3.63, 3.8) is 0 Å². The maximum Gasteiger partial charge on any atom is 0.338 e. The number of carbonyl (C=O) groups is 1. The van der Waals surface area contributed by atoms with Gasteiger partial charge in [0.1, 0.15) is 17.5 Å². The van der Waals surface area contributed by atoms with Crippen LogP contribution in [0.2, 0.25) is 0 Å². The summed E-state index contributed by atoms with van der Waals surface area (Å²) in [7, 11) is 4.36. The van der Waals surface area contributed by atoms with Gasteiger partial charge in [0.15, 0.2) is 16.3 Å². The van der Waals surface area contributed by atoms with Crippen LogP contribution >= 0.6 is 11.3 Å². The van der Waals surface area contributed by atoms with Crippen molar-refractivity contribution in [1.29, 1.82) is 0 Å². The van der Waals surface area contributed by atoms with Gasteiger partial charge in [0.2, 0.25) is 5.75 Å². The van der Waals surface area contributed by atoms with Crippen LogP contribution in [0.3, 0.4) is 0 Å². The number of hydrogen-bond acceptors (Lipinski definition) is 13. The van der Waals surface area contributed by atoms with Gasteiger partial charge in [-0.25, -0.2) is 9.79 Å². The molecular weight excluding hydrogens is 648 g/mol. The largest absolute Gasteiger partial charge is 0.497 e. The molecule has 248 valence electrons. The van der Waals surface area contributed by atoms with Crippen LogP contribution in [-0.2, 0) is 9.53 Å². The minimum absolute atomic E-state index is 0.0920. The Morgan fingerprint density at radius 3 is 2.31 bits per heavy atom. The quantitative estimate of drug-likeness (QED) is 0.124. The zero-order valence-corrected chi connectivity index (χ0v) is 27.1. The van der Waals surface area contributed by atoms with Crippen molar-refractivity contribution >= 4 is 34.8 Å². The van der Waals surface area contributed by atoms with Crippen molar-refractivity contribution in [3.05, 3.63) is 117 Å². The molecular formula is C32H28N4O11S. The molecule has 15 nitrogen and oxygen atoms in total. The highest BCUT2D eigenvalue weighted by molar-refractivity contribution is 7.07. The molecule has 0 radical (unpaired) electrons. The van der Waals surface area contributed by atoms with Crippen molar-refractivity contribution in [2.45, 2.75) is 19.9 Å². The van der Waals surface area contributed by atoms with Gasteiger partial charge in [-0.2, -0.15) is 0 Å². The first kappa shape index (κ1) is 33.3. The van der Waals surface area contributed by atoms with E-state index >= 15 is 0 Å². The van der Waals surface area contributed by atoms with Gasteiger partial charge >= 0.3 is 11.7 Å². The molecule has 0 spiro atoms. The Morgan fingerprint density at radius 2 is 1.67 bits per heavy atom. The van der Waals surface area contributed by atoms with E-state index in [4.69, 9.17) is 23.7 Å². The highest BCUT2D eigenvalue weighted by Crippen LogP contribution is 2.39. The number of carbonyl (C=O) groups excluding carboxylic acids is 1. The second-order valence-electron chi connectivity index (χ2n) is 10.1. The van der Waals surface area contributed by atoms with Crippen LogP contribution in [-0.4, -0.2) is 48.3 Å². The lowest BCUT2D eigenvalue weighted by Gasteiger charge is -2.26. The highest BCUT2D eigenvalue weighted by Gasteiger charge is 2.35. The molecule has 0 aliphatic carbocycles. The summed E-state index contributed by atoms with van der Waals surface area (Å²) in [5.74, 6) is 0.320. The Bertz CT molecular complexity index is 2170. The fourth-order valence-corrected chi connectivity index (χ4v) is 6.15. The Labute approximate surface area is 275 Å². The normalized spacial score (nSPS) is 14.1. The molecule has 0 unspecified atom stereocenters.